The molecule has 2 aromatic carbocycles. The Labute approximate surface area is 177 Å². The Morgan fingerprint density at radius 3 is 1.97 bits per heavy atom. The van der Waals surface area contributed by atoms with E-state index in [9.17, 15) is 14.4 Å². The molecule has 0 aliphatic carbocycles. The summed E-state index contributed by atoms with van der Waals surface area (Å²) < 4.78 is 5.41. The van der Waals surface area contributed by atoms with Gasteiger partial charge in [-0.25, -0.2) is 0 Å². The van der Waals surface area contributed by atoms with E-state index in [2.05, 4.69) is 0 Å². The van der Waals surface area contributed by atoms with Gasteiger partial charge in [0, 0.05) is 50.1 Å². The first-order chi connectivity index (χ1) is 14.5. The van der Waals surface area contributed by atoms with Gasteiger partial charge in [-0.2, -0.15) is 0 Å². The summed E-state index contributed by atoms with van der Waals surface area (Å²) in [5, 5.41) is 0. The third-order valence-corrected chi connectivity index (χ3v) is 5.27. The fourth-order valence-electron chi connectivity index (χ4n) is 3.46. The van der Waals surface area contributed by atoms with Gasteiger partial charge in [0.25, 0.3) is 5.91 Å². The molecular weight excluding hydrogens is 380 g/mol. The quantitative estimate of drug-likeness (QED) is 0.659. The predicted molar refractivity (Wildman–Crippen MR) is 115 cm³/mol. The topological polar surface area (TPSA) is 66.9 Å². The zero-order valence-electron chi connectivity index (χ0n) is 17.6. The van der Waals surface area contributed by atoms with E-state index in [1.165, 1.54) is 0 Å². The van der Waals surface area contributed by atoms with Crippen LogP contribution in [0.4, 0.5) is 0 Å². The highest BCUT2D eigenvalue weighted by Gasteiger charge is 2.25. The number of hydrogen-bond acceptors (Lipinski definition) is 4. The molecule has 158 valence electrons. The molecule has 3 rings (SSSR count). The van der Waals surface area contributed by atoms with Crippen LogP contribution in [0.15, 0.2) is 48.5 Å². The molecular formula is C24H28N2O4. The highest BCUT2D eigenvalue weighted by atomic mass is 16.5. The molecule has 2 amide bonds. The van der Waals surface area contributed by atoms with Crippen molar-refractivity contribution >= 4 is 17.6 Å². The van der Waals surface area contributed by atoms with Crippen molar-refractivity contribution in [2.24, 2.45) is 0 Å². The largest absolute Gasteiger partial charge is 0.494 e. The van der Waals surface area contributed by atoms with Crippen molar-refractivity contribution in [3.05, 3.63) is 65.2 Å². The minimum Gasteiger partial charge on any atom is -0.494 e. The first-order valence-electron chi connectivity index (χ1n) is 10.4. The SMILES string of the molecule is CCOc1ccc(C(=O)N2CCN(C(=O)CCC(=O)c3ccc(C)cc3)CC2)cc1. The smallest absolute Gasteiger partial charge is 0.253 e. The molecule has 6 nitrogen and oxygen atoms in total. The lowest BCUT2D eigenvalue weighted by atomic mass is 10.0. The third-order valence-electron chi connectivity index (χ3n) is 5.27. The van der Waals surface area contributed by atoms with Gasteiger partial charge < -0.3 is 14.5 Å². The van der Waals surface area contributed by atoms with Crippen molar-refractivity contribution in [1.29, 1.82) is 0 Å². The Morgan fingerprint density at radius 2 is 1.37 bits per heavy atom. The van der Waals surface area contributed by atoms with Gasteiger partial charge in [-0.3, -0.25) is 14.4 Å². The van der Waals surface area contributed by atoms with Gasteiger partial charge in [0.1, 0.15) is 5.75 Å². The van der Waals surface area contributed by atoms with Crippen LogP contribution in [0.2, 0.25) is 0 Å². The second-order valence-electron chi connectivity index (χ2n) is 7.42. The molecule has 0 saturated carbocycles. The Hall–Kier alpha value is -3.15. The van der Waals surface area contributed by atoms with E-state index < -0.39 is 0 Å². The molecule has 0 aromatic heterocycles. The van der Waals surface area contributed by atoms with Gasteiger partial charge in [-0.05, 0) is 38.1 Å². The van der Waals surface area contributed by atoms with E-state index in [4.69, 9.17) is 4.74 Å². The van der Waals surface area contributed by atoms with Gasteiger partial charge >= 0.3 is 0 Å². The average Bonchev–Trinajstić information content (AvgIpc) is 2.78. The maximum atomic E-state index is 12.7. The molecule has 1 aliphatic heterocycles. The molecule has 1 aliphatic rings. The summed E-state index contributed by atoms with van der Waals surface area (Å²) in [4.78, 5) is 40.9. The summed E-state index contributed by atoms with van der Waals surface area (Å²) in [7, 11) is 0. The van der Waals surface area contributed by atoms with Gasteiger partial charge in [0.2, 0.25) is 5.91 Å². The van der Waals surface area contributed by atoms with E-state index in [0.29, 0.717) is 43.9 Å². The highest BCUT2D eigenvalue weighted by molar-refractivity contribution is 5.98. The van der Waals surface area contributed by atoms with Gasteiger partial charge in [0.15, 0.2) is 5.78 Å². The maximum Gasteiger partial charge on any atom is 0.253 e. The Bertz CT molecular complexity index is 882. The number of nitrogens with zero attached hydrogens (tertiary/aromatic N) is 2. The molecule has 0 spiro atoms. The number of carbonyl (C=O) groups is 3. The first-order valence-corrected chi connectivity index (χ1v) is 10.4. The minimum absolute atomic E-state index is 0.0207. The molecule has 30 heavy (non-hydrogen) atoms. The number of amides is 2. The summed E-state index contributed by atoms with van der Waals surface area (Å²) in [5.74, 6) is 0.639. The fourth-order valence-corrected chi connectivity index (χ4v) is 3.46. The summed E-state index contributed by atoms with van der Waals surface area (Å²) in [5.41, 5.74) is 2.35. The molecule has 1 heterocycles. The molecule has 0 atom stereocenters. The van der Waals surface area contributed by atoms with Crippen molar-refractivity contribution in [1.82, 2.24) is 9.80 Å². The van der Waals surface area contributed by atoms with Crippen LogP contribution in [0.5, 0.6) is 5.75 Å². The molecule has 0 radical (unpaired) electrons. The van der Waals surface area contributed by atoms with E-state index in [1.54, 1.807) is 46.2 Å². The second-order valence-corrected chi connectivity index (χ2v) is 7.42. The number of rotatable bonds is 7. The summed E-state index contributed by atoms with van der Waals surface area (Å²) in [6.45, 7) is 6.42. The number of ketones is 1. The molecule has 2 aromatic rings. The monoisotopic (exact) mass is 408 g/mol. The number of piperazine rings is 1. The lowest BCUT2D eigenvalue weighted by molar-refractivity contribution is -0.132. The van der Waals surface area contributed by atoms with Crippen molar-refractivity contribution in [2.45, 2.75) is 26.7 Å². The van der Waals surface area contributed by atoms with Crippen LogP contribution in [0.3, 0.4) is 0 Å². The van der Waals surface area contributed by atoms with Crippen molar-refractivity contribution in [2.75, 3.05) is 32.8 Å². The lowest BCUT2D eigenvalue weighted by Gasteiger charge is -2.35. The number of hydrogen-bond donors (Lipinski definition) is 0. The van der Waals surface area contributed by atoms with Gasteiger partial charge in [-0.15, -0.1) is 0 Å². The Morgan fingerprint density at radius 1 is 0.800 bits per heavy atom. The molecule has 1 saturated heterocycles. The molecule has 0 N–H and O–H groups in total. The van der Waals surface area contributed by atoms with Crippen LogP contribution in [0, 0.1) is 6.92 Å². The molecule has 6 heteroatoms. The van der Waals surface area contributed by atoms with Crippen LogP contribution >= 0.6 is 0 Å². The van der Waals surface area contributed by atoms with Crippen LogP contribution in [-0.2, 0) is 4.79 Å². The third kappa shape index (κ3) is 5.47. The van der Waals surface area contributed by atoms with Gasteiger partial charge in [0.05, 0.1) is 6.61 Å². The summed E-state index contributed by atoms with van der Waals surface area (Å²) >= 11 is 0. The first kappa shape index (κ1) is 21.6. The van der Waals surface area contributed by atoms with E-state index in [0.717, 1.165) is 11.3 Å². The lowest BCUT2D eigenvalue weighted by Crippen LogP contribution is -2.50. The Kier molecular flexibility index (Phi) is 7.22. The predicted octanol–water partition coefficient (Wildman–Crippen LogP) is 3.34. The number of aryl methyl sites for hydroxylation is 1. The number of ether oxygens (including phenoxy) is 1. The number of Topliss-reactive ketones (excluding diaryl/α,β-unsaturated/α-hetero) is 1. The van der Waals surface area contributed by atoms with Crippen LogP contribution in [0.1, 0.15) is 46.0 Å². The number of carbonyl (C=O) groups excluding carboxylic acids is 3. The summed E-state index contributed by atoms with van der Waals surface area (Å²) in [6.07, 6.45) is 0.396. The van der Waals surface area contributed by atoms with Gasteiger partial charge in [-0.1, -0.05) is 29.8 Å². The van der Waals surface area contributed by atoms with Crippen molar-refractivity contribution in [3.8, 4) is 5.75 Å². The second kappa shape index (κ2) is 10.1. The maximum absolute atomic E-state index is 12.7. The highest BCUT2D eigenvalue weighted by Crippen LogP contribution is 2.16. The van der Waals surface area contributed by atoms with Crippen LogP contribution in [-0.4, -0.2) is 60.2 Å². The zero-order chi connectivity index (χ0) is 21.5. The molecule has 1 fully saturated rings. The van der Waals surface area contributed by atoms with Crippen LogP contribution < -0.4 is 4.74 Å². The van der Waals surface area contributed by atoms with Crippen LogP contribution in [0.25, 0.3) is 0 Å². The fraction of sp³-hybridized carbons (Fsp3) is 0.375. The molecule has 0 bridgehead atoms. The van der Waals surface area contributed by atoms with Crippen molar-refractivity contribution in [3.63, 3.8) is 0 Å². The Balaban J connectivity index is 1.46. The minimum atomic E-state index is -0.0419. The summed E-state index contributed by atoms with van der Waals surface area (Å²) in [6, 6.07) is 14.5. The average molecular weight is 408 g/mol. The standard InChI is InChI=1S/C24H28N2O4/c1-3-30-21-10-8-20(9-11-21)24(29)26-16-14-25(15-17-26)23(28)13-12-22(27)19-6-4-18(2)5-7-19/h4-11H,3,12-17H2,1-2H3. The van der Waals surface area contributed by atoms with Crippen molar-refractivity contribution < 1.29 is 19.1 Å². The van der Waals surface area contributed by atoms with E-state index >= 15 is 0 Å². The van der Waals surface area contributed by atoms with E-state index in [-0.39, 0.29) is 30.4 Å². The molecule has 0 unspecified atom stereocenters. The van der Waals surface area contributed by atoms with E-state index in [1.807, 2.05) is 26.0 Å². The number of benzene rings is 2. The zero-order valence-corrected chi connectivity index (χ0v) is 17.6. The normalized spacial score (nSPS) is 13.8.